The quantitative estimate of drug-likeness (QED) is 0.649. The Morgan fingerprint density at radius 2 is 2.00 bits per heavy atom. The van der Waals surface area contributed by atoms with Gasteiger partial charge in [0.2, 0.25) is 0 Å². The minimum atomic E-state index is 0.504. The monoisotopic (exact) mass is 183 g/mol. The van der Waals surface area contributed by atoms with E-state index >= 15 is 0 Å². The first-order chi connectivity index (χ1) is 6.01. The van der Waals surface area contributed by atoms with Crippen molar-refractivity contribution in [1.29, 1.82) is 0 Å². The first kappa shape index (κ1) is 11.0. The molecule has 1 heteroatoms. The highest BCUT2D eigenvalue weighted by atomic mass is 15.1. The smallest absolute Gasteiger partial charge is 0.00100 e. The molecule has 0 aromatic rings. The minimum Gasteiger partial charge on any atom is -0.303 e. The molecule has 0 aromatic heterocycles. The van der Waals surface area contributed by atoms with Crippen LogP contribution in [0, 0.1) is 11.3 Å². The second-order valence-corrected chi connectivity index (χ2v) is 5.67. The highest BCUT2D eigenvalue weighted by Crippen LogP contribution is 2.23. The Morgan fingerprint density at radius 3 is 2.46 bits per heavy atom. The maximum Gasteiger partial charge on any atom is 0.00100 e. The Balaban J connectivity index is 2.17. The predicted octanol–water partition coefficient (Wildman–Crippen LogP) is 3.15. The molecule has 0 aromatic carbocycles. The molecule has 1 unspecified atom stereocenters. The zero-order valence-electron chi connectivity index (χ0n) is 9.77. The predicted molar refractivity (Wildman–Crippen MR) is 58.9 cm³/mol. The van der Waals surface area contributed by atoms with Crippen LogP contribution in [0.3, 0.4) is 0 Å². The van der Waals surface area contributed by atoms with Gasteiger partial charge in [0.1, 0.15) is 0 Å². The van der Waals surface area contributed by atoms with E-state index in [1.165, 1.54) is 38.9 Å². The van der Waals surface area contributed by atoms with Crippen LogP contribution in [-0.4, -0.2) is 24.5 Å². The van der Waals surface area contributed by atoms with Gasteiger partial charge < -0.3 is 4.90 Å². The summed E-state index contributed by atoms with van der Waals surface area (Å²) in [7, 11) is 0. The third-order valence-corrected chi connectivity index (χ3v) is 3.13. The molecule has 1 nitrogen and oxygen atoms in total. The van der Waals surface area contributed by atoms with Crippen LogP contribution < -0.4 is 0 Å². The van der Waals surface area contributed by atoms with E-state index in [1.807, 2.05) is 0 Å². The molecule has 1 aliphatic rings. The van der Waals surface area contributed by atoms with E-state index in [4.69, 9.17) is 0 Å². The van der Waals surface area contributed by atoms with Crippen molar-refractivity contribution in [2.24, 2.45) is 11.3 Å². The van der Waals surface area contributed by atoms with Gasteiger partial charge in [-0.3, -0.25) is 0 Å². The zero-order chi connectivity index (χ0) is 9.90. The maximum atomic E-state index is 2.64. The van der Waals surface area contributed by atoms with Gasteiger partial charge in [-0.15, -0.1) is 0 Å². The fourth-order valence-corrected chi connectivity index (χ4v) is 1.94. The van der Waals surface area contributed by atoms with Crippen LogP contribution in [-0.2, 0) is 0 Å². The number of hydrogen-bond acceptors (Lipinski definition) is 1. The van der Waals surface area contributed by atoms with Crippen molar-refractivity contribution >= 4 is 0 Å². The lowest BCUT2D eigenvalue weighted by molar-refractivity contribution is 0.258. The second-order valence-electron chi connectivity index (χ2n) is 5.67. The SMILES string of the molecule is CCC1CCN(CCC(C)(C)C)C1. The Kier molecular flexibility index (Phi) is 3.78. The fourth-order valence-electron chi connectivity index (χ4n) is 1.94. The van der Waals surface area contributed by atoms with Crippen LogP contribution in [0.15, 0.2) is 0 Å². The molecule has 1 fully saturated rings. The second kappa shape index (κ2) is 4.45. The summed E-state index contributed by atoms with van der Waals surface area (Å²) in [6.45, 7) is 13.3. The highest BCUT2D eigenvalue weighted by Gasteiger charge is 2.21. The van der Waals surface area contributed by atoms with Crippen LogP contribution in [0.5, 0.6) is 0 Å². The number of likely N-dealkylation sites (tertiary alicyclic amines) is 1. The molecule has 13 heavy (non-hydrogen) atoms. The lowest BCUT2D eigenvalue weighted by Gasteiger charge is -2.23. The van der Waals surface area contributed by atoms with Crippen LogP contribution >= 0.6 is 0 Å². The molecule has 0 bridgehead atoms. The topological polar surface area (TPSA) is 3.24 Å². The minimum absolute atomic E-state index is 0.504. The molecule has 1 atom stereocenters. The van der Waals surface area contributed by atoms with E-state index in [0.29, 0.717) is 5.41 Å². The van der Waals surface area contributed by atoms with Crippen molar-refractivity contribution in [3.05, 3.63) is 0 Å². The molecule has 0 N–H and O–H groups in total. The Labute approximate surface area is 83.5 Å². The Hall–Kier alpha value is -0.0400. The summed E-state index contributed by atoms with van der Waals surface area (Å²) in [4.78, 5) is 2.64. The third-order valence-electron chi connectivity index (χ3n) is 3.13. The lowest BCUT2D eigenvalue weighted by atomic mass is 9.92. The largest absolute Gasteiger partial charge is 0.303 e. The van der Waals surface area contributed by atoms with Crippen LogP contribution in [0.25, 0.3) is 0 Å². The Bertz CT molecular complexity index is 146. The highest BCUT2D eigenvalue weighted by molar-refractivity contribution is 4.76. The maximum absolute atomic E-state index is 2.64. The van der Waals surface area contributed by atoms with Gasteiger partial charge >= 0.3 is 0 Å². The van der Waals surface area contributed by atoms with E-state index in [9.17, 15) is 0 Å². The third kappa shape index (κ3) is 4.12. The van der Waals surface area contributed by atoms with Crippen molar-refractivity contribution in [2.45, 2.75) is 47.0 Å². The van der Waals surface area contributed by atoms with Crippen molar-refractivity contribution < 1.29 is 0 Å². The molecule has 1 rings (SSSR count). The van der Waals surface area contributed by atoms with E-state index in [-0.39, 0.29) is 0 Å². The first-order valence-electron chi connectivity index (χ1n) is 5.73. The van der Waals surface area contributed by atoms with Crippen molar-refractivity contribution in [3.8, 4) is 0 Å². The summed E-state index contributed by atoms with van der Waals surface area (Å²) in [5.74, 6) is 0.986. The average molecular weight is 183 g/mol. The van der Waals surface area contributed by atoms with E-state index in [1.54, 1.807) is 0 Å². The zero-order valence-corrected chi connectivity index (χ0v) is 9.77. The van der Waals surface area contributed by atoms with Gasteiger partial charge in [0.05, 0.1) is 0 Å². The normalized spacial score (nSPS) is 25.4. The molecule has 1 saturated heterocycles. The van der Waals surface area contributed by atoms with Crippen molar-refractivity contribution in [2.75, 3.05) is 19.6 Å². The van der Waals surface area contributed by atoms with E-state index < -0.39 is 0 Å². The van der Waals surface area contributed by atoms with Gasteiger partial charge in [0, 0.05) is 6.54 Å². The molecule has 1 heterocycles. The standard InChI is InChI=1S/C12H25N/c1-5-11-6-8-13(10-11)9-7-12(2,3)4/h11H,5-10H2,1-4H3. The van der Waals surface area contributed by atoms with E-state index in [2.05, 4.69) is 32.6 Å². The molecule has 0 saturated carbocycles. The fraction of sp³-hybridized carbons (Fsp3) is 1.00. The average Bonchev–Trinajstić information content (AvgIpc) is 2.47. The van der Waals surface area contributed by atoms with Crippen LogP contribution in [0.2, 0.25) is 0 Å². The number of rotatable bonds is 3. The van der Waals surface area contributed by atoms with Gasteiger partial charge in [-0.05, 0) is 37.3 Å². The van der Waals surface area contributed by atoms with Crippen molar-refractivity contribution in [3.63, 3.8) is 0 Å². The summed E-state index contributed by atoms with van der Waals surface area (Å²) < 4.78 is 0. The van der Waals surface area contributed by atoms with Gasteiger partial charge in [0.15, 0.2) is 0 Å². The van der Waals surface area contributed by atoms with E-state index in [0.717, 1.165) is 5.92 Å². The van der Waals surface area contributed by atoms with Gasteiger partial charge in [0.25, 0.3) is 0 Å². The molecule has 0 radical (unpaired) electrons. The molecule has 1 aliphatic heterocycles. The van der Waals surface area contributed by atoms with Gasteiger partial charge in [-0.2, -0.15) is 0 Å². The molecular weight excluding hydrogens is 158 g/mol. The van der Waals surface area contributed by atoms with Crippen LogP contribution in [0.4, 0.5) is 0 Å². The van der Waals surface area contributed by atoms with Crippen LogP contribution in [0.1, 0.15) is 47.0 Å². The Morgan fingerprint density at radius 1 is 1.31 bits per heavy atom. The molecule has 0 aliphatic carbocycles. The summed E-state index contributed by atoms with van der Waals surface area (Å²) in [5.41, 5.74) is 0.504. The summed E-state index contributed by atoms with van der Waals surface area (Å²) in [5, 5.41) is 0. The van der Waals surface area contributed by atoms with Gasteiger partial charge in [-0.25, -0.2) is 0 Å². The molecule has 0 amide bonds. The summed E-state index contributed by atoms with van der Waals surface area (Å²) >= 11 is 0. The molecular formula is C12H25N. The number of hydrogen-bond donors (Lipinski definition) is 0. The van der Waals surface area contributed by atoms with Gasteiger partial charge in [-0.1, -0.05) is 34.1 Å². The lowest BCUT2D eigenvalue weighted by Crippen LogP contribution is -2.25. The first-order valence-corrected chi connectivity index (χ1v) is 5.73. The number of nitrogens with zero attached hydrogens (tertiary/aromatic N) is 1. The van der Waals surface area contributed by atoms with Crippen molar-refractivity contribution in [1.82, 2.24) is 4.90 Å². The summed E-state index contributed by atoms with van der Waals surface area (Å²) in [6, 6.07) is 0. The summed E-state index contributed by atoms with van der Waals surface area (Å²) in [6.07, 6.45) is 4.14. The molecule has 0 spiro atoms. The molecule has 78 valence electrons.